The number of nitrogens with zero attached hydrogens (tertiary/aromatic N) is 4. The van der Waals surface area contributed by atoms with Gasteiger partial charge in [-0.1, -0.05) is 31.0 Å². The summed E-state index contributed by atoms with van der Waals surface area (Å²) < 4.78 is 1.79. The van der Waals surface area contributed by atoms with Gasteiger partial charge in [-0.15, -0.1) is 5.10 Å². The molecule has 1 heterocycles. The minimum absolute atomic E-state index is 0.630. The van der Waals surface area contributed by atoms with Crippen LogP contribution in [0.3, 0.4) is 0 Å². The van der Waals surface area contributed by atoms with Crippen molar-refractivity contribution >= 4 is 0 Å². The first-order chi connectivity index (χ1) is 8.93. The van der Waals surface area contributed by atoms with Crippen LogP contribution in [0.15, 0.2) is 30.3 Å². The van der Waals surface area contributed by atoms with Crippen molar-refractivity contribution in [2.75, 3.05) is 0 Å². The Morgan fingerprint density at radius 1 is 1.17 bits per heavy atom. The standard InChI is InChI=1S/C13H17N5/c1-2-8-12(9-3-1)18-13(15-16-17-18)10-14-11-6-4-5-7-11/h1-3,8-9,11,14H,4-7,10H2. The molecule has 0 amide bonds. The summed E-state index contributed by atoms with van der Waals surface area (Å²) in [5, 5.41) is 15.4. The first-order valence-electron chi connectivity index (χ1n) is 6.49. The number of aromatic nitrogens is 4. The average molecular weight is 243 g/mol. The first kappa shape index (κ1) is 11.3. The molecule has 94 valence electrons. The minimum atomic E-state index is 0.630. The van der Waals surface area contributed by atoms with E-state index in [9.17, 15) is 0 Å². The van der Waals surface area contributed by atoms with E-state index in [0.29, 0.717) is 6.04 Å². The summed E-state index contributed by atoms with van der Waals surface area (Å²) in [5.74, 6) is 0.869. The molecule has 1 aliphatic carbocycles. The lowest BCUT2D eigenvalue weighted by atomic mass is 10.2. The molecule has 3 rings (SSSR count). The van der Waals surface area contributed by atoms with Crippen LogP contribution in [0.4, 0.5) is 0 Å². The van der Waals surface area contributed by atoms with Crippen molar-refractivity contribution in [2.24, 2.45) is 0 Å². The third-order valence-electron chi connectivity index (χ3n) is 3.44. The number of tetrazole rings is 1. The van der Waals surface area contributed by atoms with Gasteiger partial charge in [0, 0.05) is 6.04 Å². The van der Waals surface area contributed by atoms with E-state index in [1.165, 1.54) is 25.7 Å². The SMILES string of the molecule is c1ccc(-n2nnnc2CNC2CCCC2)cc1. The fourth-order valence-corrected chi connectivity index (χ4v) is 2.45. The minimum Gasteiger partial charge on any atom is -0.307 e. The lowest BCUT2D eigenvalue weighted by molar-refractivity contribution is 0.508. The van der Waals surface area contributed by atoms with E-state index in [1.54, 1.807) is 4.68 Å². The fraction of sp³-hybridized carbons (Fsp3) is 0.462. The largest absolute Gasteiger partial charge is 0.307 e. The summed E-state index contributed by atoms with van der Waals surface area (Å²) in [4.78, 5) is 0. The quantitative estimate of drug-likeness (QED) is 0.888. The maximum atomic E-state index is 4.09. The van der Waals surface area contributed by atoms with E-state index in [-0.39, 0.29) is 0 Å². The summed E-state index contributed by atoms with van der Waals surface area (Å²) >= 11 is 0. The second-order valence-electron chi connectivity index (χ2n) is 4.70. The third-order valence-corrected chi connectivity index (χ3v) is 3.44. The first-order valence-corrected chi connectivity index (χ1v) is 6.49. The molecule has 1 saturated carbocycles. The molecule has 0 unspecified atom stereocenters. The molecular weight excluding hydrogens is 226 g/mol. The van der Waals surface area contributed by atoms with E-state index in [1.807, 2.05) is 30.3 Å². The smallest absolute Gasteiger partial charge is 0.170 e. The van der Waals surface area contributed by atoms with E-state index in [2.05, 4.69) is 20.8 Å². The Balaban J connectivity index is 1.71. The number of para-hydroxylation sites is 1. The highest BCUT2D eigenvalue weighted by atomic mass is 15.5. The molecule has 1 N–H and O–H groups in total. The van der Waals surface area contributed by atoms with Crippen LogP contribution < -0.4 is 5.32 Å². The maximum absolute atomic E-state index is 4.09. The van der Waals surface area contributed by atoms with E-state index >= 15 is 0 Å². The summed E-state index contributed by atoms with van der Waals surface area (Å²) in [7, 11) is 0. The predicted octanol–water partition coefficient (Wildman–Crippen LogP) is 1.69. The van der Waals surface area contributed by atoms with Crippen molar-refractivity contribution in [3.05, 3.63) is 36.2 Å². The van der Waals surface area contributed by atoms with Gasteiger partial charge in [0.15, 0.2) is 5.82 Å². The highest BCUT2D eigenvalue weighted by molar-refractivity contribution is 5.30. The van der Waals surface area contributed by atoms with Crippen LogP contribution in [-0.2, 0) is 6.54 Å². The van der Waals surface area contributed by atoms with Gasteiger partial charge < -0.3 is 5.32 Å². The lowest BCUT2D eigenvalue weighted by Crippen LogP contribution is -2.26. The van der Waals surface area contributed by atoms with Crippen molar-refractivity contribution in [3.8, 4) is 5.69 Å². The van der Waals surface area contributed by atoms with Gasteiger partial charge >= 0.3 is 0 Å². The molecule has 18 heavy (non-hydrogen) atoms. The molecule has 1 aromatic carbocycles. The van der Waals surface area contributed by atoms with E-state index in [0.717, 1.165) is 18.1 Å². The Kier molecular flexibility index (Phi) is 3.32. The Labute approximate surface area is 106 Å². The van der Waals surface area contributed by atoms with Gasteiger partial charge in [-0.05, 0) is 35.4 Å². The van der Waals surface area contributed by atoms with Crippen LogP contribution >= 0.6 is 0 Å². The molecule has 1 aromatic heterocycles. The molecule has 5 heteroatoms. The zero-order valence-electron chi connectivity index (χ0n) is 10.3. The fourth-order valence-electron chi connectivity index (χ4n) is 2.45. The van der Waals surface area contributed by atoms with E-state index in [4.69, 9.17) is 0 Å². The normalized spacial score (nSPS) is 16.2. The molecule has 5 nitrogen and oxygen atoms in total. The van der Waals surface area contributed by atoms with Gasteiger partial charge in [0.05, 0.1) is 12.2 Å². The Morgan fingerprint density at radius 2 is 1.94 bits per heavy atom. The zero-order chi connectivity index (χ0) is 12.2. The van der Waals surface area contributed by atoms with Crippen molar-refractivity contribution in [2.45, 2.75) is 38.3 Å². The lowest BCUT2D eigenvalue weighted by Gasteiger charge is -2.11. The summed E-state index contributed by atoms with van der Waals surface area (Å²) in [5.41, 5.74) is 1.01. The predicted molar refractivity (Wildman–Crippen MR) is 68.2 cm³/mol. The number of rotatable bonds is 4. The molecule has 0 spiro atoms. The average Bonchev–Trinajstić information content (AvgIpc) is 3.09. The van der Waals surface area contributed by atoms with Crippen LogP contribution in [0.2, 0.25) is 0 Å². The second-order valence-corrected chi connectivity index (χ2v) is 4.70. The van der Waals surface area contributed by atoms with Crippen molar-refractivity contribution in [3.63, 3.8) is 0 Å². The van der Waals surface area contributed by atoms with Crippen LogP contribution in [0.5, 0.6) is 0 Å². The summed E-state index contributed by atoms with van der Waals surface area (Å²) in [6, 6.07) is 10.6. The highest BCUT2D eigenvalue weighted by Crippen LogP contribution is 2.18. The van der Waals surface area contributed by atoms with Crippen molar-refractivity contribution in [1.82, 2.24) is 25.5 Å². The van der Waals surface area contributed by atoms with Crippen LogP contribution in [0.1, 0.15) is 31.5 Å². The van der Waals surface area contributed by atoms with Gasteiger partial charge in [-0.25, -0.2) is 0 Å². The Morgan fingerprint density at radius 3 is 2.72 bits per heavy atom. The van der Waals surface area contributed by atoms with Gasteiger partial charge in [-0.3, -0.25) is 0 Å². The zero-order valence-corrected chi connectivity index (χ0v) is 10.3. The Bertz CT molecular complexity index is 487. The molecule has 0 saturated heterocycles. The molecule has 2 aromatic rings. The third kappa shape index (κ3) is 2.41. The van der Waals surface area contributed by atoms with Crippen LogP contribution in [0, 0.1) is 0 Å². The summed E-state index contributed by atoms with van der Waals surface area (Å²) in [6.07, 6.45) is 5.21. The number of hydrogen-bond donors (Lipinski definition) is 1. The van der Waals surface area contributed by atoms with Gasteiger partial charge in [0.2, 0.25) is 0 Å². The molecule has 0 atom stereocenters. The number of hydrogen-bond acceptors (Lipinski definition) is 4. The molecule has 0 bridgehead atoms. The topological polar surface area (TPSA) is 55.6 Å². The molecule has 1 aliphatic rings. The molecular formula is C13H17N5. The Hall–Kier alpha value is -1.75. The monoisotopic (exact) mass is 243 g/mol. The molecule has 0 radical (unpaired) electrons. The van der Waals surface area contributed by atoms with Crippen molar-refractivity contribution < 1.29 is 0 Å². The number of nitrogens with one attached hydrogen (secondary N) is 1. The summed E-state index contributed by atoms with van der Waals surface area (Å²) in [6.45, 7) is 0.729. The van der Waals surface area contributed by atoms with E-state index < -0.39 is 0 Å². The van der Waals surface area contributed by atoms with Gasteiger partial charge in [-0.2, -0.15) is 4.68 Å². The van der Waals surface area contributed by atoms with Crippen molar-refractivity contribution in [1.29, 1.82) is 0 Å². The molecule has 1 fully saturated rings. The van der Waals surface area contributed by atoms with Gasteiger partial charge in [0.1, 0.15) is 0 Å². The van der Waals surface area contributed by atoms with Crippen LogP contribution in [-0.4, -0.2) is 26.2 Å². The van der Waals surface area contributed by atoms with Crippen LogP contribution in [0.25, 0.3) is 5.69 Å². The molecule has 0 aliphatic heterocycles. The highest BCUT2D eigenvalue weighted by Gasteiger charge is 2.15. The second kappa shape index (κ2) is 5.27. The maximum Gasteiger partial charge on any atom is 0.170 e. The van der Waals surface area contributed by atoms with Gasteiger partial charge in [0.25, 0.3) is 0 Å². The number of benzene rings is 1.